The molecule has 0 amide bonds. The molecule has 20 aromatic rings. The average Bonchev–Trinajstić information content (AvgIpc) is 3.98. The Morgan fingerprint density at radius 1 is 0.113 bits per heavy atom. The summed E-state index contributed by atoms with van der Waals surface area (Å²) in [6.07, 6.45) is 0. The Balaban J connectivity index is 1.21. The van der Waals surface area contributed by atoms with Crippen molar-refractivity contribution in [1.29, 1.82) is 0 Å². The second-order valence-corrected chi connectivity index (χ2v) is 22.7. The summed E-state index contributed by atoms with van der Waals surface area (Å²) < 4.78 is 0. The van der Waals surface area contributed by atoms with Crippen LogP contribution in [0.3, 0.4) is 0 Å². The average molecular weight is 1000 g/mol. The molecule has 0 saturated heterocycles. The van der Waals surface area contributed by atoms with Gasteiger partial charge in [0.1, 0.15) is 0 Å². The van der Waals surface area contributed by atoms with Gasteiger partial charge in [0, 0.05) is 0 Å². The lowest BCUT2D eigenvalue weighted by molar-refractivity contribution is 1.61. The third-order valence-corrected chi connectivity index (χ3v) is 19.1. The lowest BCUT2D eigenvalue weighted by Crippen LogP contribution is -1.94. The van der Waals surface area contributed by atoms with Crippen molar-refractivity contribution >= 4 is 162 Å². The highest BCUT2D eigenvalue weighted by Gasteiger charge is 2.35. The van der Waals surface area contributed by atoms with Crippen LogP contribution >= 0.6 is 0 Å². The Morgan fingerprint density at radius 2 is 0.338 bits per heavy atom. The van der Waals surface area contributed by atoms with Crippen molar-refractivity contribution in [3.8, 4) is 44.5 Å². The Bertz CT molecular complexity index is 6040. The third kappa shape index (κ3) is 4.89. The fraction of sp³-hybridized carbons (Fsp3) is 0. The molecule has 20 rings (SSSR count). The van der Waals surface area contributed by atoms with Crippen LogP contribution in [0.15, 0.2) is 255 Å². The van der Waals surface area contributed by atoms with Crippen LogP contribution in [0.5, 0.6) is 0 Å². The predicted molar refractivity (Wildman–Crippen MR) is 347 cm³/mol. The first-order chi connectivity index (χ1) is 39.8. The van der Waals surface area contributed by atoms with Crippen molar-refractivity contribution in [2.75, 3.05) is 0 Å². The van der Waals surface area contributed by atoms with E-state index in [0.717, 1.165) is 0 Å². The van der Waals surface area contributed by atoms with Gasteiger partial charge >= 0.3 is 0 Å². The van der Waals surface area contributed by atoms with Gasteiger partial charge in [0.15, 0.2) is 0 Å². The molecule has 0 fully saturated rings. The van der Waals surface area contributed by atoms with Gasteiger partial charge in [-0.2, -0.15) is 0 Å². The minimum atomic E-state index is 1.21. The largest absolute Gasteiger partial charge is 0.0622 e. The molecule has 0 nitrogen and oxygen atoms in total. The molecular weight excluding hydrogens is 961 g/mol. The van der Waals surface area contributed by atoms with E-state index in [-0.39, 0.29) is 0 Å². The summed E-state index contributed by atoms with van der Waals surface area (Å²) in [5.74, 6) is 0. The Morgan fingerprint density at radius 3 is 0.775 bits per heavy atom. The van der Waals surface area contributed by atoms with Gasteiger partial charge in [-0.15, -0.1) is 0 Å². The van der Waals surface area contributed by atoms with E-state index in [4.69, 9.17) is 0 Å². The van der Waals surface area contributed by atoms with Crippen LogP contribution in [0, 0.1) is 0 Å². The molecule has 0 aliphatic rings. The fourth-order valence-corrected chi connectivity index (χ4v) is 16.3. The first-order valence-electron chi connectivity index (χ1n) is 28.2. The van der Waals surface area contributed by atoms with E-state index in [9.17, 15) is 0 Å². The van der Waals surface area contributed by atoms with Crippen molar-refractivity contribution in [1.82, 2.24) is 0 Å². The fourth-order valence-electron chi connectivity index (χ4n) is 16.3. The van der Waals surface area contributed by atoms with E-state index in [0.29, 0.717) is 0 Å². The van der Waals surface area contributed by atoms with Gasteiger partial charge < -0.3 is 0 Å². The van der Waals surface area contributed by atoms with Gasteiger partial charge in [-0.3, -0.25) is 0 Å². The molecule has 0 atom stereocenters. The SMILES string of the molecule is c1ccc(-c2ccccc2-c2cc3c4c5ccccc5c5cccc6c7cccc8c9ccccc9c9c%10c(-c%11ccccc%11-c%11ccccc%11)cc%11c%12c%13ccccc%13c%13ccccc%13c%12c2c2c%11c%10c(c32)c(c4c56)c9c87)cc1. The number of rotatable bonds is 4. The summed E-state index contributed by atoms with van der Waals surface area (Å²) in [7, 11) is 0. The topological polar surface area (TPSA) is 0 Å². The first-order valence-corrected chi connectivity index (χ1v) is 28.2. The number of benzene rings is 18. The molecule has 0 aliphatic carbocycles. The highest BCUT2D eigenvalue weighted by molar-refractivity contribution is 6.63. The smallest absolute Gasteiger partial charge is 0.00000299 e. The molecule has 0 heteroatoms. The zero-order chi connectivity index (χ0) is 51.6. The third-order valence-electron chi connectivity index (χ3n) is 19.1. The molecule has 0 spiro atoms. The zero-order valence-electron chi connectivity index (χ0n) is 43.2. The minimum Gasteiger partial charge on any atom is -0.0622 e. The molecule has 0 bridgehead atoms. The minimum absolute atomic E-state index is 1.21. The van der Waals surface area contributed by atoms with Crippen molar-refractivity contribution in [3.63, 3.8) is 0 Å². The molecule has 0 aliphatic heterocycles. The van der Waals surface area contributed by atoms with Crippen LogP contribution in [0.1, 0.15) is 0 Å². The maximum atomic E-state index is 2.67. The second kappa shape index (κ2) is 14.8. The standard InChI is InChI=1S/C80H42/c1-3-21-43(22-4-1)45-25-7-9-27-47(45)61-42-64-68-54-34-16-13-31-51(54)55-37-19-39-59-60-40-20-38-56-52-32-14-18-36-58(52)70-72-62(48-28-10-8-26-46(48)44-23-5-2-6-24-44)41-63-67-53-33-15-11-29-49(53)50-30-12-17-35-57(50)69(67)71(61)77-73(63)78(72)79(74(64)77)80(75(68)65(55)59)76(70)66(56)60/h1-42H. The van der Waals surface area contributed by atoms with Crippen LogP contribution in [-0.4, -0.2) is 0 Å². The Hall–Kier alpha value is -10.4. The summed E-state index contributed by atoms with van der Waals surface area (Å²) in [5.41, 5.74) is 9.93. The molecule has 0 unspecified atom stereocenters. The van der Waals surface area contributed by atoms with Gasteiger partial charge in [0.2, 0.25) is 0 Å². The van der Waals surface area contributed by atoms with Gasteiger partial charge in [0.25, 0.3) is 0 Å². The predicted octanol–water partition coefficient (Wildman–Crippen LogP) is 22.8. The molecule has 0 N–H and O–H groups in total. The quantitative estimate of drug-likeness (QED) is 0.154. The van der Waals surface area contributed by atoms with Crippen molar-refractivity contribution < 1.29 is 0 Å². The van der Waals surface area contributed by atoms with Crippen molar-refractivity contribution in [2.45, 2.75) is 0 Å². The van der Waals surface area contributed by atoms with E-state index < -0.39 is 0 Å². The van der Waals surface area contributed by atoms with Crippen LogP contribution in [0.4, 0.5) is 0 Å². The lowest BCUT2D eigenvalue weighted by atomic mass is 9.80. The molecule has 0 radical (unpaired) electrons. The molecule has 0 heterocycles. The van der Waals surface area contributed by atoms with Crippen LogP contribution in [0.25, 0.3) is 206 Å². The summed E-state index contributed by atoms with van der Waals surface area (Å²) >= 11 is 0. The van der Waals surface area contributed by atoms with Crippen LogP contribution < -0.4 is 0 Å². The van der Waals surface area contributed by atoms with E-state index in [1.165, 1.54) is 206 Å². The summed E-state index contributed by atoms with van der Waals surface area (Å²) in [6.45, 7) is 0. The maximum Gasteiger partial charge on any atom is -0.00000299 e. The maximum absolute atomic E-state index is 2.67. The Kier molecular flexibility index (Phi) is 7.71. The summed E-state index contributed by atoms with van der Waals surface area (Å²) in [5, 5.41) is 39.9. The molecule has 0 aromatic heterocycles. The van der Waals surface area contributed by atoms with Gasteiger partial charge in [0.05, 0.1) is 0 Å². The summed E-state index contributed by atoms with van der Waals surface area (Å²) in [4.78, 5) is 0. The van der Waals surface area contributed by atoms with Gasteiger partial charge in [-0.1, -0.05) is 243 Å². The van der Waals surface area contributed by atoms with Crippen LogP contribution in [0.2, 0.25) is 0 Å². The highest BCUT2D eigenvalue weighted by atomic mass is 14.4. The number of hydrogen-bond acceptors (Lipinski definition) is 0. The summed E-state index contributed by atoms with van der Waals surface area (Å²) in [6, 6.07) is 97.5. The lowest BCUT2D eigenvalue weighted by Gasteiger charge is -2.22. The molecule has 0 saturated carbocycles. The monoisotopic (exact) mass is 1000 g/mol. The number of fused-ring (bicyclic) bond motifs is 17. The second-order valence-electron chi connectivity index (χ2n) is 22.7. The number of hydrogen-bond donors (Lipinski definition) is 0. The molecule has 362 valence electrons. The van der Waals surface area contributed by atoms with Crippen molar-refractivity contribution in [3.05, 3.63) is 255 Å². The van der Waals surface area contributed by atoms with Crippen LogP contribution in [-0.2, 0) is 0 Å². The zero-order valence-corrected chi connectivity index (χ0v) is 43.2. The molecule has 20 aromatic carbocycles. The van der Waals surface area contributed by atoms with E-state index in [1.54, 1.807) is 0 Å². The van der Waals surface area contributed by atoms with Gasteiger partial charge in [-0.25, -0.2) is 0 Å². The van der Waals surface area contributed by atoms with E-state index in [2.05, 4.69) is 255 Å². The normalized spacial score (nSPS) is 12.8. The first kappa shape index (κ1) is 41.7. The van der Waals surface area contributed by atoms with E-state index >= 15 is 0 Å². The van der Waals surface area contributed by atoms with E-state index in [1.807, 2.05) is 0 Å². The highest BCUT2D eigenvalue weighted by Crippen LogP contribution is 2.64. The molecular formula is C80H42. The van der Waals surface area contributed by atoms with Gasteiger partial charge in [-0.05, 0) is 218 Å². The molecule has 80 heavy (non-hydrogen) atoms. The Labute approximate surface area is 458 Å². The van der Waals surface area contributed by atoms with Crippen molar-refractivity contribution in [2.24, 2.45) is 0 Å².